The fourth-order valence-corrected chi connectivity index (χ4v) is 3.99. The SMILES string of the molecule is C[C@H](c1ccccc1)[NH+]1COc2ccc3c(oc(=O)c4ccccc43)c2C1. The quantitative estimate of drug-likeness (QED) is 0.441. The van der Waals surface area contributed by atoms with E-state index in [0.717, 1.165) is 28.6 Å². The molecule has 5 rings (SSSR count). The van der Waals surface area contributed by atoms with E-state index in [1.807, 2.05) is 42.5 Å². The van der Waals surface area contributed by atoms with Gasteiger partial charge in [-0.05, 0) is 30.5 Å². The molecule has 0 radical (unpaired) electrons. The van der Waals surface area contributed by atoms with E-state index in [1.165, 1.54) is 10.5 Å². The Morgan fingerprint density at radius 2 is 1.63 bits per heavy atom. The molecule has 0 amide bonds. The summed E-state index contributed by atoms with van der Waals surface area (Å²) in [5, 5.41) is 2.50. The van der Waals surface area contributed by atoms with Gasteiger partial charge in [0, 0.05) is 10.9 Å². The lowest BCUT2D eigenvalue weighted by molar-refractivity contribution is -0.960. The molecular weight excluding hydrogens is 338 g/mol. The molecule has 2 heterocycles. The Labute approximate surface area is 156 Å². The molecule has 3 aromatic carbocycles. The van der Waals surface area contributed by atoms with Crippen LogP contribution in [-0.4, -0.2) is 6.73 Å². The van der Waals surface area contributed by atoms with E-state index in [2.05, 4.69) is 31.2 Å². The molecule has 0 saturated carbocycles. The highest BCUT2D eigenvalue weighted by molar-refractivity contribution is 6.05. The number of benzene rings is 3. The number of hydrogen-bond donors (Lipinski definition) is 1. The predicted molar refractivity (Wildman–Crippen MR) is 105 cm³/mol. The smallest absolute Gasteiger partial charge is 0.344 e. The summed E-state index contributed by atoms with van der Waals surface area (Å²) in [7, 11) is 0. The maximum Gasteiger partial charge on any atom is 0.344 e. The fraction of sp³-hybridized carbons (Fsp3) is 0.174. The molecule has 1 N–H and O–H groups in total. The number of ether oxygens (including phenoxy) is 1. The lowest BCUT2D eigenvalue weighted by atomic mass is 10.0. The van der Waals surface area contributed by atoms with Crippen molar-refractivity contribution in [1.29, 1.82) is 0 Å². The average Bonchev–Trinajstić information content (AvgIpc) is 2.73. The number of nitrogens with one attached hydrogen (secondary N) is 1. The Kier molecular flexibility index (Phi) is 3.73. The van der Waals surface area contributed by atoms with Crippen molar-refractivity contribution >= 4 is 21.7 Å². The molecule has 27 heavy (non-hydrogen) atoms. The second-order valence-corrected chi connectivity index (χ2v) is 7.11. The van der Waals surface area contributed by atoms with E-state index in [4.69, 9.17) is 9.15 Å². The molecule has 1 unspecified atom stereocenters. The molecule has 0 fully saturated rings. The van der Waals surface area contributed by atoms with Crippen LogP contribution in [-0.2, 0) is 6.54 Å². The van der Waals surface area contributed by atoms with Crippen molar-refractivity contribution in [3.05, 3.63) is 88.3 Å². The van der Waals surface area contributed by atoms with Crippen LogP contribution in [0.4, 0.5) is 0 Å². The van der Waals surface area contributed by atoms with Crippen molar-refractivity contribution in [2.75, 3.05) is 6.73 Å². The third-order valence-electron chi connectivity index (χ3n) is 5.58. The Balaban J connectivity index is 1.64. The minimum Gasteiger partial charge on any atom is -0.445 e. The molecule has 0 spiro atoms. The van der Waals surface area contributed by atoms with E-state index in [9.17, 15) is 4.79 Å². The van der Waals surface area contributed by atoms with Crippen LogP contribution < -0.4 is 15.3 Å². The lowest BCUT2D eigenvalue weighted by Crippen LogP contribution is -3.12. The minimum atomic E-state index is -0.297. The zero-order chi connectivity index (χ0) is 18.4. The van der Waals surface area contributed by atoms with Crippen LogP contribution in [0.15, 0.2) is 75.9 Å². The number of hydrogen-bond acceptors (Lipinski definition) is 3. The molecule has 0 bridgehead atoms. The van der Waals surface area contributed by atoms with Gasteiger partial charge in [-0.15, -0.1) is 0 Å². The van der Waals surface area contributed by atoms with Crippen LogP contribution in [0.3, 0.4) is 0 Å². The third-order valence-corrected chi connectivity index (χ3v) is 5.58. The molecule has 0 aliphatic carbocycles. The van der Waals surface area contributed by atoms with E-state index >= 15 is 0 Å². The van der Waals surface area contributed by atoms with Gasteiger partial charge in [-0.2, -0.15) is 0 Å². The van der Waals surface area contributed by atoms with E-state index < -0.39 is 0 Å². The number of quaternary nitrogens is 1. The van der Waals surface area contributed by atoms with Crippen molar-refractivity contribution in [3.63, 3.8) is 0 Å². The second-order valence-electron chi connectivity index (χ2n) is 7.11. The van der Waals surface area contributed by atoms with Crippen molar-refractivity contribution in [2.24, 2.45) is 0 Å². The average molecular weight is 358 g/mol. The van der Waals surface area contributed by atoms with Crippen LogP contribution in [0.1, 0.15) is 24.1 Å². The van der Waals surface area contributed by atoms with Gasteiger partial charge >= 0.3 is 5.63 Å². The van der Waals surface area contributed by atoms with Crippen molar-refractivity contribution < 1.29 is 14.1 Å². The van der Waals surface area contributed by atoms with Gasteiger partial charge < -0.3 is 9.15 Å². The minimum absolute atomic E-state index is 0.279. The van der Waals surface area contributed by atoms with Gasteiger partial charge in [0.1, 0.15) is 18.3 Å². The van der Waals surface area contributed by atoms with Gasteiger partial charge in [0.25, 0.3) is 0 Å². The molecule has 4 aromatic rings. The first-order chi connectivity index (χ1) is 13.2. The van der Waals surface area contributed by atoms with Gasteiger partial charge in [-0.25, -0.2) is 4.79 Å². The summed E-state index contributed by atoms with van der Waals surface area (Å²) in [6, 6.07) is 22.3. The summed E-state index contributed by atoms with van der Waals surface area (Å²) in [4.78, 5) is 13.8. The molecule has 1 aliphatic rings. The van der Waals surface area contributed by atoms with Crippen LogP contribution in [0.25, 0.3) is 21.7 Å². The molecule has 1 aromatic heterocycles. The van der Waals surface area contributed by atoms with Crippen molar-refractivity contribution in [3.8, 4) is 5.75 Å². The molecule has 134 valence electrons. The number of fused-ring (bicyclic) bond motifs is 5. The Morgan fingerprint density at radius 1 is 0.889 bits per heavy atom. The summed E-state index contributed by atoms with van der Waals surface area (Å²) in [6.07, 6.45) is 0. The maximum atomic E-state index is 12.5. The molecule has 4 nitrogen and oxygen atoms in total. The van der Waals surface area contributed by atoms with Crippen LogP contribution in [0, 0.1) is 0 Å². The largest absolute Gasteiger partial charge is 0.445 e. The topological polar surface area (TPSA) is 43.9 Å². The van der Waals surface area contributed by atoms with Crippen LogP contribution >= 0.6 is 0 Å². The highest BCUT2D eigenvalue weighted by Gasteiger charge is 2.29. The van der Waals surface area contributed by atoms with Crippen LogP contribution in [0.2, 0.25) is 0 Å². The standard InChI is InChI=1S/C23H19NO3/c1-15(16-7-3-2-4-8-16)24-13-20-21(26-14-24)12-11-18-17-9-5-6-10-19(17)23(25)27-22(18)20/h2-12,15H,13-14H2,1H3/p+1/t15-/m1/s1. The molecule has 1 aliphatic heterocycles. The fourth-order valence-electron chi connectivity index (χ4n) is 3.99. The normalized spacial score (nSPS) is 17.4. The monoisotopic (exact) mass is 358 g/mol. The maximum absolute atomic E-state index is 12.5. The summed E-state index contributed by atoms with van der Waals surface area (Å²) < 4.78 is 11.8. The zero-order valence-corrected chi connectivity index (χ0v) is 15.1. The van der Waals surface area contributed by atoms with Crippen molar-refractivity contribution in [1.82, 2.24) is 0 Å². The predicted octanol–water partition coefficient (Wildman–Crippen LogP) is 3.44. The number of rotatable bonds is 2. The summed E-state index contributed by atoms with van der Waals surface area (Å²) >= 11 is 0. The van der Waals surface area contributed by atoms with Gasteiger partial charge in [0.2, 0.25) is 6.73 Å². The van der Waals surface area contributed by atoms with Gasteiger partial charge in [0.05, 0.1) is 10.9 Å². The lowest BCUT2D eigenvalue weighted by Gasteiger charge is -2.31. The van der Waals surface area contributed by atoms with Gasteiger partial charge in [0.15, 0.2) is 5.58 Å². The summed E-state index contributed by atoms with van der Waals surface area (Å²) in [5.41, 5.74) is 2.59. The molecule has 4 heteroatoms. The Hall–Kier alpha value is -3.11. The molecule has 0 saturated heterocycles. The van der Waals surface area contributed by atoms with E-state index in [0.29, 0.717) is 17.7 Å². The molecular formula is C23H20NO3+. The summed E-state index contributed by atoms with van der Waals surface area (Å²) in [5.74, 6) is 0.810. The first-order valence-electron chi connectivity index (χ1n) is 9.22. The third kappa shape index (κ3) is 2.61. The first-order valence-corrected chi connectivity index (χ1v) is 9.22. The first kappa shape index (κ1) is 16.1. The molecule has 2 atom stereocenters. The van der Waals surface area contributed by atoms with E-state index in [-0.39, 0.29) is 11.7 Å². The van der Waals surface area contributed by atoms with Gasteiger partial charge in [-0.3, -0.25) is 4.90 Å². The van der Waals surface area contributed by atoms with E-state index in [1.54, 1.807) is 0 Å². The highest BCUT2D eigenvalue weighted by Crippen LogP contribution is 2.32. The van der Waals surface area contributed by atoms with Crippen molar-refractivity contribution in [2.45, 2.75) is 19.5 Å². The zero-order valence-electron chi connectivity index (χ0n) is 15.1. The van der Waals surface area contributed by atoms with Gasteiger partial charge in [-0.1, -0.05) is 48.5 Å². The summed E-state index contributed by atoms with van der Waals surface area (Å²) in [6.45, 7) is 3.55. The Bertz CT molecular complexity index is 1200. The second kappa shape index (κ2) is 6.25. The highest BCUT2D eigenvalue weighted by atomic mass is 16.5. The van der Waals surface area contributed by atoms with Crippen LogP contribution in [0.5, 0.6) is 5.75 Å². The Morgan fingerprint density at radius 3 is 2.44 bits per heavy atom.